The summed E-state index contributed by atoms with van der Waals surface area (Å²) in [5.41, 5.74) is 3.32. The molecule has 0 saturated carbocycles. The second-order valence-electron chi connectivity index (χ2n) is 9.17. The molecule has 0 unspecified atom stereocenters. The maximum Gasteiger partial charge on any atom is 0.259 e. The van der Waals surface area contributed by atoms with Gasteiger partial charge in [-0.3, -0.25) is 19.4 Å². The molecule has 2 aliphatic heterocycles. The number of benzene rings is 2. The van der Waals surface area contributed by atoms with Gasteiger partial charge in [-0.25, -0.2) is 9.89 Å². The molecule has 39 heavy (non-hydrogen) atoms. The van der Waals surface area contributed by atoms with Crippen molar-refractivity contribution >= 4 is 63.2 Å². The lowest BCUT2D eigenvalue weighted by atomic mass is 10.1. The number of amidine groups is 2. The SMILES string of the molecule is CCc1ccc(NC(=O)[C@@H](CC)SC2=Nc3ccccc3C3=N[C@H](CC(=O)NCc4cccs4)C(=O)N23)cc1. The maximum absolute atomic E-state index is 13.6. The summed E-state index contributed by atoms with van der Waals surface area (Å²) in [6.45, 7) is 4.42. The zero-order valence-electron chi connectivity index (χ0n) is 21.7. The summed E-state index contributed by atoms with van der Waals surface area (Å²) in [7, 11) is 0. The fourth-order valence-electron chi connectivity index (χ4n) is 4.36. The van der Waals surface area contributed by atoms with Crippen LogP contribution in [0.3, 0.4) is 0 Å². The van der Waals surface area contributed by atoms with Gasteiger partial charge in [0.05, 0.1) is 23.9 Å². The third-order valence-corrected chi connectivity index (χ3v) is 8.70. The van der Waals surface area contributed by atoms with Crippen LogP contribution >= 0.6 is 23.1 Å². The van der Waals surface area contributed by atoms with E-state index in [4.69, 9.17) is 4.99 Å². The third-order valence-electron chi connectivity index (χ3n) is 6.51. The number of aliphatic imine (C=N–C) groups is 2. The van der Waals surface area contributed by atoms with E-state index in [0.717, 1.165) is 22.5 Å². The molecular weight excluding hydrogens is 530 g/mol. The highest BCUT2D eigenvalue weighted by molar-refractivity contribution is 8.15. The van der Waals surface area contributed by atoms with E-state index < -0.39 is 11.3 Å². The largest absolute Gasteiger partial charge is 0.351 e. The van der Waals surface area contributed by atoms with Crippen molar-refractivity contribution in [3.05, 3.63) is 82.0 Å². The lowest BCUT2D eigenvalue weighted by Crippen LogP contribution is -2.43. The molecule has 1 aromatic heterocycles. The zero-order chi connectivity index (χ0) is 27.4. The number of rotatable bonds is 9. The number of carbonyl (C=O) groups is 3. The Morgan fingerprint density at radius 2 is 1.87 bits per heavy atom. The molecular formula is C29H29N5O3S2. The standard InChI is InChI=1S/C29H29N5O3S2/c1-3-18-11-13-19(14-12-18)31-27(36)24(4-2)39-29-33-22-10-6-5-9-21(22)26-32-23(28(37)34(26)29)16-25(35)30-17-20-8-7-15-38-20/h5-15,23-24H,3-4,16-17H2,1-2H3,(H,30,35)(H,31,36)/t23-,24-/m1/s1. The van der Waals surface area contributed by atoms with Crippen LogP contribution in [0.15, 0.2) is 76.0 Å². The van der Waals surface area contributed by atoms with Gasteiger partial charge in [0.15, 0.2) is 5.17 Å². The normalized spacial score (nSPS) is 16.6. The van der Waals surface area contributed by atoms with E-state index in [1.807, 2.05) is 73.0 Å². The zero-order valence-corrected chi connectivity index (χ0v) is 23.3. The number of anilines is 1. The van der Waals surface area contributed by atoms with E-state index >= 15 is 0 Å². The van der Waals surface area contributed by atoms with Crippen LogP contribution in [-0.2, 0) is 27.3 Å². The van der Waals surface area contributed by atoms with Crippen LogP contribution in [0.25, 0.3) is 0 Å². The molecule has 2 aromatic carbocycles. The third kappa shape index (κ3) is 5.97. The van der Waals surface area contributed by atoms with Crippen LogP contribution in [0.1, 0.15) is 42.7 Å². The topological polar surface area (TPSA) is 103 Å². The predicted molar refractivity (Wildman–Crippen MR) is 158 cm³/mol. The van der Waals surface area contributed by atoms with Gasteiger partial charge < -0.3 is 10.6 Å². The first-order valence-corrected chi connectivity index (χ1v) is 14.7. The monoisotopic (exact) mass is 559 g/mol. The van der Waals surface area contributed by atoms with Crippen molar-refractivity contribution in [2.75, 3.05) is 5.32 Å². The Morgan fingerprint density at radius 1 is 1.08 bits per heavy atom. The van der Waals surface area contributed by atoms with E-state index in [1.54, 1.807) is 11.3 Å². The van der Waals surface area contributed by atoms with Crippen LogP contribution in [-0.4, -0.2) is 44.9 Å². The van der Waals surface area contributed by atoms with Crippen molar-refractivity contribution in [1.82, 2.24) is 10.2 Å². The van der Waals surface area contributed by atoms with Gasteiger partial charge in [-0.2, -0.15) is 0 Å². The quantitative estimate of drug-likeness (QED) is 0.380. The first-order chi connectivity index (χ1) is 19.0. The first-order valence-electron chi connectivity index (χ1n) is 12.9. The number of nitrogens with one attached hydrogen (secondary N) is 2. The molecule has 0 saturated heterocycles. The summed E-state index contributed by atoms with van der Waals surface area (Å²) < 4.78 is 0. The van der Waals surface area contributed by atoms with E-state index in [0.29, 0.717) is 29.7 Å². The number of amides is 3. The second-order valence-corrected chi connectivity index (χ2v) is 11.4. The van der Waals surface area contributed by atoms with Crippen molar-refractivity contribution in [3.8, 4) is 0 Å². The van der Waals surface area contributed by atoms with Crippen molar-refractivity contribution in [3.63, 3.8) is 0 Å². The van der Waals surface area contributed by atoms with Gasteiger partial charge >= 0.3 is 0 Å². The summed E-state index contributed by atoms with van der Waals surface area (Å²) >= 11 is 2.80. The lowest BCUT2D eigenvalue weighted by molar-refractivity contribution is -0.128. The fraction of sp³-hybridized carbons (Fsp3) is 0.276. The van der Waals surface area contributed by atoms with Gasteiger partial charge in [0.25, 0.3) is 5.91 Å². The lowest BCUT2D eigenvalue weighted by Gasteiger charge is -2.27. The van der Waals surface area contributed by atoms with E-state index in [2.05, 4.69) is 22.5 Å². The van der Waals surface area contributed by atoms with E-state index in [9.17, 15) is 14.4 Å². The molecule has 0 fully saturated rings. The molecule has 0 aliphatic carbocycles. The van der Waals surface area contributed by atoms with Gasteiger partial charge in [0, 0.05) is 16.1 Å². The van der Waals surface area contributed by atoms with Crippen molar-refractivity contribution < 1.29 is 14.4 Å². The van der Waals surface area contributed by atoms with Gasteiger partial charge in [-0.15, -0.1) is 11.3 Å². The highest BCUT2D eigenvalue weighted by atomic mass is 32.2. The number of hydrogen-bond donors (Lipinski definition) is 2. The van der Waals surface area contributed by atoms with Crippen molar-refractivity contribution in [2.45, 2.75) is 50.9 Å². The van der Waals surface area contributed by atoms with Gasteiger partial charge in [0.1, 0.15) is 11.9 Å². The highest BCUT2D eigenvalue weighted by Crippen LogP contribution is 2.36. The average Bonchev–Trinajstić information content (AvgIpc) is 3.59. The molecule has 0 radical (unpaired) electrons. The minimum atomic E-state index is -0.855. The molecule has 2 N–H and O–H groups in total. The predicted octanol–water partition coefficient (Wildman–Crippen LogP) is 5.13. The van der Waals surface area contributed by atoms with Crippen molar-refractivity contribution in [1.29, 1.82) is 0 Å². The Balaban J connectivity index is 1.33. The number of thiophene rings is 1. The van der Waals surface area contributed by atoms with Gasteiger partial charge in [-0.1, -0.05) is 55.9 Å². The maximum atomic E-state index is 13.6. The molecule has 0 bridgehead atoms. The Morgan fingerprint density at radius 3 is 2.59 bits per heavy atom. The van der Waals surface area contributed by atoms with Crippen LogP contribution in [0.2, 0.25) is 0 Å². The second kappa shape index (κ2) is 12.0. The number of carbonyl (C=O) groups excluding carboxylic acids is 3. The molecule has 8 nitrogen and oxygen atoms in total. The number of fused-ring (bicyclic) bond motifs is 3. The number of nitrogens with zero attached hydrogens (tertiary/aromatic N) is 3. The Hall–Kier alpha value is -3.76. The van der Waals surface area contributed by atoms with Crippen LogP contribution in [0.4, 0.5) is 11.4 Å². The molecule has 3 aromatic rings. The molecule has 3 amide bonds. The Bertz CT molecular complexity index is 1430. The minimum absolute atomic E-state index is 0.0598. The molecule has 2 atom stereocenters. The summed E-state index contributed by atoms with van der Waals surface area (Å²) in [6.07, 6.45) is 1.40. The summed E-state index contributed by atoms with van der Waals surface area (Å²) in [5, 5.41) is 7.72. The van der Waals surface area contributed by atoms with E-state index in [-0.39, 0.29) is 24.1 Å². The molecule has 200 valence electrons. The van der Waals surface area contributed by atoms with E-state index in [1.165, 1.54) is 22.2 Å². The molecule has 10 heteroatoms. The van der Waals surface area contributed by atoms with Gasteiger partial charge in [-0.05, 0) is 54.1 Å². The van der Waals surface area contributed by atoms with Crippen molar-refractivity contribution in [2.24, 2.45) is 9.98 Å². The number of para-hydroxylation sites is 1. The fourth-order valence-corrected chi connectivity index (χ4v) is 6.02. The average molecular weight is 560 g/mol. The number of aryl methyl sites for hydroxylation is 1. The smallest absolute Gasteiger partial charge is 0.259 e. The molecule has 5 rings (SSSR count). The molecule has 2 aliphatic rings. The Kier molecular flexibility index (Phi) is 8.23. The Labute approximate surface area is 235 Å². The highest BCUT2D eigenvalue weighted by Gasteiger charge is 2.43. The van der Waals surface area contributed by atoms with Crippen LogP contribution < -0.4 is 10.6 Å². The van der Waals surface area contributed by atoms with Crippen LogP contribution in [0, 0.1) is 0 Å². The first kappa shape index (κ1) is 26.8. The summed E-state index contributed by atoms with van der Waals surface area (Å²) in [5.74, 6) is -0.259. The minimum Gasteiger partial charge on any atom is -0.351 e. The van der Waals surface area contributed by atoms with Gasteiger partial charge in [0.2, 0.25) is 11.8 Å². The summed E-state index contributed by atoms with van der Waals surface area (Å²) in [6, 6.07) is 18.3. The number of hydrogen-bond acceptors (Lipinski definition) is 7. The van der Waals surface area contributed by atoms with Crippen LogP contribution in [0.5, 0.6) is 0 Å². The molecule has 3 heterocycles. The summed E-state index contributed by atoms with van der Waals surface area (Å²) in [4.78, 5) is 51.3. The number of thioether (sulfide) groups is 1. The molecule has 0 spiro atoms.